The van der Waals surface area contributed by atoms with Crippen LogP contribution >= 0.6 is 15.9 Å². The first kappa shape index (κ1) is 7.96. The number of nitrogens with zero attached hydrogens (tertiary/aromatic N) is 1. The first-order valence-electron chi connectivity index (χ1n) is 3.55. The highest BCUT2D eigenvalue weighted by molar-refractivity contribution is 9.10. The van der Waals surface area contributed by atoms with E-state index in [1.54, 1.807) is 6.08 Å². The smallest absolute Gasteiger partial charge is 0.211 e. The molecule has 1 fully saturated rings. The Morgan fingerprint density at radius 1 is 1.30 bits per heavy atom. The van der Waals surface area contributed by atoms with E-state index in [-0.39, 0.29) is 4.45 Å². The molecule has 1 rings (SSSR count). The average molecular weight is 204 g/mol. The van der Waals surface area contributed by atoms with Crippen molar-refractivity contribution in [2.75, 3.05) is 0 Å². The lowest BCUT2D eigenvalue weighted by Gasteiger charge is -2.25. The summed E-state index contributed by atoms with van der Waals surface area (Å²) < 4.78 is -0.257. The molecule has 1 aliphatic carbocycles. The van der Waals surface area contributed by atoms with Crippen LogP contribution in [0, 0.1) is 0 Å². The van der Waals surface area contributed by atoms with E-state index < -0.39 is 0 Å². The van der Waals surface area contributed by atoms with E-state index in [1.807, 2.05) is 0 Å². The van der Waals surface area contributed by atoms with Gasteiger partial charge >= 0.3 is 0 Å². The molecule has 0 aromatic heterocycles. The standard InChI is InChI=1S/C7H10BrNO/c8-7(9-6-10)4-2-1-3-5-7/h1-5H2. The van der Waals surface area contributed by atoms with Crippen LogP contribution in [0.2, 0.25) is 0 Å². The second-order valence-electron chi connectivity index (χ2n) is 2.68. The summed E-state index contributed by atoms with van der Waals surface area (Å²) in [7, 11) is 0. The Bertz CT molecular complexity index is 157. The lowest BCUT2D eigenvalue weighted by atomic mass is 9.96. The largest absolute Gasteiger partial charge is 0.236 e. The Kier molecular flexibility index (Phi) is 2.64. The van der Waals surface area contributed by atoms with Gasteiger partial charge in [0.1, 0.15) is 4.45 Å². The van der Waals surface area contributed by atoms with Crippen LogP contribution in [0.4, 0.5) is 0 Å². The van der Waals surface area contributed by atoms with Gasteiger partial charge in [-0.1, -0.05) is 35.2 Å². The first-order valence-corrected chi connectivity index (χ1v) is 4.34. The van der Waals surface area contributed by atoms with E-state index in [2.05, 4.69) is 20.9 Å². The fourth-order valence-corrected chi connectivity index (χ4v) is 1.92. The SMILES string of the molecule is O=C=NC1(Br)CCCCC1. The van der Waals surface area contributed by atoms with Gasteiger partial charge in [0.2, 0.25) is 6.08 Å². The Labute approximate surface area is 68.8 Å². The zero-order valence-electron chi connectivity index (χ0n) is 5.77. The minimum Gasteiger partial charge on any atom is -0.211 e. The summed E-state index contributed by atoms with van der Waals surface area (Å²) in [5.74, 6) is 0. The normalized spacial score (nSPS) is 23.3. The molecule has 0 aromatic carbocycles. The number of hydrogen-bond acceptors (Lipinski definition) is 2. The van der Waals surface area contributed by atoms with E-state index in [1.165, 1.54) is 6.42 Å². The summed E-state index contributed by atoms with van der Waals surface area (Å²) in [6, 6.07) is 0. The van der Waals surface area contributed by atoms with Crippen LogP contribution in [0.3, 0.4) is 0 Å². The molecule has 0 aliphatic heterocycles. The minimum atomic E-state index is -0.257. The van der Waals surface area contributed by atoms with Crippen LogP contribution in [-0.2, 0) is 4.79 Å². The molecule has 0 spiro atoms. The maximum absolute atomic E-state index is 9.96. The van der Waals surface area contributed by atoms with Gasteiger partial charge in [0.05, 0.1) is 0 Å². The molecule has 0 saturated heterocycles. The molecular weight excluding hydrogens is 194 g/mol. The number of hydrogen-bond donors (Lipinski definition) is 0. The van der Waals surface area contributed by atoms with Gasteiger partial charge in [-0.25, -0.2) is 4.79 Å². The van der Waals surface area contributed by atoms with Gasteiger partial charge in [0.15, 0.2) is 0 Å². The lowest BCUT2D eigenvalue weighted by molar-refractivity contribution is 0.414. The summed E-state index contributed by atoms with van der Waals surface area (Å²) >= 11 is 3.43. The van der Waals surface area contributed by atoms with E-state index in [0.29, 0.717) is 0 Å². The van der Waals surface area contributed by atoms with Crippen LogP contribution < -0.4 is 0 Å². The molecule has 0 radical (unpaired) electrons. The van der Waals surface area contributed by atoms with Crippen molar-refractivity contribution >= 4 is 22.0 Å². The predicted molar refractivity (Wildman–Crippen MR) is 42.9 cm³/mol. The third-order valence-corrected chi connectivity index (χ3v) is 2.84. The predicted octanol–water partition coefficient (Wildman–Crippen LogP) is 2.38. The summed E-state index contributed by atoms with van der Waals surface area (Å²) in [5, 5.41) is 0. The summed E-state index contributed by atoms with van der Waals surface area (Å²) in [6.45, 7) is 0. The molecule has 0 heterocycles. The fourth-order valence-electron chi connectivity index (χ4n) is 1.29. The monoisotopic (exact) mass is 203 g/mol. The number of alkyl halides is 1. The van der Waals surface area contributed by atoms with Crippen molar-refractivity contribution in [2.45, 2.75) is 36.6 Å². The number of isocyanates is 1. The number of halogens is 1. The van der Waals surface area contributed by atoms with E-state index in [0.717, 1.165) is 25.7 Å². The first-order chi connectivity index (χ1) is 4.77. The van der Waals surface area contributed by atoms with Crippen LogP contribution in [-0.4, -0.2) is 10.5 Å². The fraction of sp³-hybridized carbons (Fsp3) is 0.857. The van der Waals surface area contributed by atoms with Crippen molar-refractivity contribution in [1.29, 1.82) is 0 Å². The molecule has 1 saturated carbocycles. The van der Waals surface area contributed by atoms with Gasteiger partial charge in [-0.3, -0.25) is 0 Å². The highest BCUT2D eigenvalue weighted by Gasteiger charge is 2.27. The van der Waals surface area contributed by atoms with Gasteiger partial charge in [-0.2, -0.15) is 4.99 Å². The molecule has 0 N–H and O–H groups in total. The lowest BCUT2D eigenvalue weighted by Crippen LogP contribution is -2.20. The maximum Gasteiger partial charge on any atom is 0.236 e. The van der Waals surface area contributed by atoms with Gasteiger partial charge in [0.25, 0.3) is 0 Å². The summed E-state index contributed by atoms with van der Waals surface area (Å²) in [6.07, 6.45) is 7.15. The van der Waals surface area contributed by atoms with Gasteiger partial charge < -0.3 is 0 Å². The molecule has 3 heteroatoms. The van der Waals surface area contributed by atoms with E-state index >= 15 is 0 Å². The van der Waals surface area contributed by atoms with E-state index in [9.17, 15) is 4.79 Å². The second kappa shape index (κ2) is 3.31. The minimum absolute atomic E-state index is 0.257. The molecular formula is C7H10BrNO. The highest BCUT2D eigenvalue weighted by Crippen LogP contribution is 2.36. The second-order valence-corrected chi connectivity index (χ2v) is 4.16. The van der Waals surface area contributed by atoms with Crippen molar-refractivity contribution < 1.29 is 4.79 Å². The molecule has 1 aliphatic rings. The summed E-state index contributed by atoms with van der Waals surface area (Å²) in [4.78, 5) is 13.7. The maximum atomic E-state index is 9.96. The van der Waals surface area contributed by atoms with Crippen LogP contribution in [0.25, 0.3) is 0 Å². The van der Waals surface area contributed by atoms with Crippen molar-refractivity contribution in [3.63, 3.8) is 0 Å². The van der Waals surface area contributed by atoms with Crippen molar-refractivity contribution in [1.82, 2.24) is 0 Å². The Hall–Kier alpha value is -0.140. The van der Waals surface area contributed by atoms with Crippen molar-refractivity contribution in [2.24, 2.45) is 4.99 Å². The number of rotatable bonds is 1. The Morgan fingerprint density at radius 3 is 2.40 bits per heavy atom. The van der Waals surface area contributed by atoms with Crippen LogP contribution in [0.5, 0.6) is 0 Å². The highest BCUT2D eigenvalue weighted by atomic mass is 79.9. The molecule has 56 valence electrons. The average Bonchev–Trinajstić information content (AvgIpc) is 1.89. The van der Waals surface area contributed by atoms with Crippen molar-refractivity contribution in [3.8, 4) is 0 Å². The van der Waals surface area contributed by atoms with Gasteiger partial charge in [-0.05, 0) is 12.8 Å². The summed E-state index contributed by atoms with van der Waals surface area (Å²) in [5.41, 5.74) is 0. The molecule has 10 heavy (non-hydrogen) atoms. The van der Waals surface area contributed by atoms with Crippen LogP contribution in [0.15, 0.2) is 4.99 Å². The molecule has 0 amide bonds. The third-order valence-electron chi connectivity index (χ3n) is 1.87. The zero-order valence-corrected chi connectivity index (χ0v) is 7.35. The van der Waals surface area contributed by atoms with Gasteiger partial charge in [-0.15, -0.1) is 0 Å². The molecule has 0 unspecified atom stereocenters. The number of aliphatic imine (C=N–C) groups is 1. The zero-order chi connectivity index (χ0) is 7.45. The quantitative estimate of drug-likeness (QED) is 0.279. The third kappa shape index (κ3) is 1.93. The van der Waals surface area contributed by atoms with Crippen molar-refractivity contribution in [3.05, 3.63) is 0 Å². The Balaban J connectivity index is 2.56. The van der Waals surface area contributed by atoms with Crippen LogP contribution in [0.1, 0.15) is 32.1 Å². The molecule has 2 nitrogen and oxygen atoms in total. The topological polar surface area (TPSA) is 29.4 Å². The molecule has 0 aromatic rings. The molecule has 0 atom stereocenters. The van der Waals surface area contributed by atoms with Gasteiger partial charge in [0, 0.05) is 0 Å². The molecule has 0 bridgehead atoms. The van der Waals surface area contributed by atoms with E-state index in [4.69, 9.17) is 0 Å². The Morgan fingerprint density at radius 2 is 1.90 bits per heavy atom. The number of carbonyl (C=O) groups excluding carboxylic acids is 1.